The average Bonchev–Trinajstić information content (AvgIpc) is 3.05. The van der Waals surface area contributed by atoms with Gasteiger partial charge < -0.3 is 15.5 Å². The molecule has 0 aromatic carbocycles. The maximum absolute atomic E-state index is 12.2. The van der Waals surface area contributed by atoms with Crippen molar-refractivity contribution in [3.8, 4) is 0 Å². The molecular weight excluding hydrogens is 264 g/mol. The first-order chi connectivity index (χ1) is 10.2. The number of aromatic nitrogens is 1. The number of hydrogen-bond donors (Lipinski definition) is 1. The van der Waals surface area contributed by atoms with Gasteiger partial charge in [-0.05, 0) is 44.0 Å². The van der Waals surface area contributed by atoms with Crippen LogP contribution in [0.25, 0.3) is 0 Å². The van der Waals surface area contributed by atoms with E-state index in [1.54, 1.807) is 0 Å². The van der Waals surface area contributed by atoms with Gasteiger partial charge in [0, 0.05) is 51.0 Å². The first kappa shape index (κ1) is 15.9. The Balaban J connectivity index is 1.80. The number of nitrogens with zero attached hydrogens (tertiary/aromatic N) is 3. The molecule has 2 heterocycles. The van der Waals surface area contributed by atoms with Gasteiger partial charge in [-0.1, -0.05) is 0 Å². The Morgan fingerprint density at radius 2 is 2.05 bits per heavy atom. The summed E-state index contributed by atoms with van der Waals surface area (Å²) in [6.07, 6.45) is 7.38. The second-order valence-electron chi connectivity index (χ2n) is 5.77. The summed E-state index contributed by atoms with van der Waals surface area (Å²) < 4.78 is 0. The quantitative estimate of drug-likeness (QED) is 0.810. The standard InChI is InChI=1S/C16H26N4O/c1-19(11-6-14-4-7-18-8-5-14)15(13-17)12-16(21)20-9-2-3-10-20/h4-5,7-8,15H,2-3,6,9-13,17H2,1H3. The maximum atomic E-state index is 12.2. The van der Waals surface area contributed by atoms with E-state index in [-0.39, 0.29) is 11.9 Å². The molecule has 1 aromatic rings. The van der Waals surface area contributed by atoms with Gasteiger partial charge in [-0.3, -0.25) is 9.78 Å². The van der Waals surface area contributed by atoms with Crippen molar-refractivity contribution in [2.24, 2.45) is 5.73 Å². The molecule has 21 heavy (non-hydrogen) atoms. The molecule has 0 radical (unpaired) electrons. The largest absolute Gasteiger partial charge is 0.343 e. The molecule has 0 aliphatic carbocycles. The number of likely N-dealkylation sites (N-methyl/N-ethyl adjacent to an activating group) is 1. The summed E-state index contributed by atoms with van der Waals surface area (Å²) in [5, 5.41) is 0. The molecule has 1 unspecified atom stereocenters. The van der Waals surface area contributed by atoms with Crippen molar-refractivity contribution in [1.29, 1.82) is 0 Å². The van der Waals surface area contributed by atoms with Crippen LogP contribution in [-0.4, -0.2) is 60.0 Å². The summed E-state index contributed by atoms with van der Waals surface area (Å²) in [6.45, 7) is 3.25. The first-order valence-electron chi connectivity index (χ1n) is 7.77. The zero-order valence-corrected chi connectivity index (χ0v) is 12.9. The van der Waals surface area contributed by atoms with Crippen molar-refractivity contribution in [3.05, 3.63) is 30.1 Å². The first-order valence-corrected chi connectivity index (χ1v) is 7.77. The zero-order chi connectivity index (χ0) is 15.1. The molecule has 1 amide bonds. The van der Waals surface area contributed by atoms with E-state index >= 15 is 0 Å². The van der Waals surface area contributed by atoms with E-state index in [0.29, 0.717) is 13.0 Å². The Morgan fingerprint density at radius 3 is 2.67 bits per heavy atom. The van der Waals surface area contributed by atoms with Crippen LogP contribution in [0.1, 0.15) is 24.8 Å². The molecule has 1 aliphatic rings. The molecule has 5 nitrogen and oxygen atoms in total. The average molecular weight is 290 g/mol. The van der Waals surface area contributed by atoms with Crippen molar-refractivity contribution in [1.82, 2.24) is 14.8 Å². The van der Waals surface area contributed by atoms with Gasteiger partial charge in [-0.25, -0.2) is 0 Å². The van der Waals surface area contributed by atoms with E-state index in [9.17, 15) is 4.79 Å². The van der Waals surface area contributed by atoms with Crippen LogP contribution in [-0.2, 0) is 11.2 Å². The molecular formula is C16H26N4O. The Labute approximate surface area is 127 Å². The van der Waals surface area contributed by atoms with E-state index in [4.69, 9.17) is 5.73 Å². The summed E-state index contributed by atoms with van der Waals surface area (Å²) in [5.41, 5.74) is 7.13. The monoisotopic (exact) mass is 290 g/mol. The summed E-state index contributed by atoms with van der Waals surface area (Å²) in [6, 6.07) is 4.18. The number of likely N-dealkylation sites (tertiary alicyclic amines) is 1. The van der Waals surface area contributed by atoms with E-state index in [2.05, 4.69) is 16.9 Å². The molecule has 1 atom stereocenters. The highest BCUT2D eigenvalue weighted by atomic mass is 16.2. The van der Waals surface area contributed by atoms with Crippen LogP contribution in [0.2, 0.25) is 0 Å². The third kappa shape index (κ3) is 4.79. The highest BCUT2D eigenvalue weighted by Gasteiger charge is 2.23. The molecule has 1 aliphatic heterocycles. The Kier molecular flexibility index (Phi) is 6.14. The van der Waals surface area contributed by atoms with Gasteiger partial charge in [0.15, 0.2) is 0 Å². The molecule has 1 saturated heterocycles. The number of rotatable bonds is 7. The number of amides is 1. The lowest BCUT2D eigenvalue weighted by molar-refractivity contribution is -0.131. The fourth-order valence-corrected chi connectivity index (χ4v) is 2.75. The molecule has 2 rings (SSSR count). The molecule has 116 valence electrons. The third-order valence-corrected chi connectivity index (χ3v) is 4.27. The lowest BCUT2D eigenvalue weighted by atomic mass is 10.1. The summed E-state index contributed by atoms with van der Waals surface area (Å²) >= 11 is 0. The van der Waals surface area contributed by atoms with Crippen LogP contribution in [0.5, 0.6) is 0 Å². The van der Waals surface area contributed by atoms with Gasteiger partial charge >= 0.3 is 0 Å². The van der Waals surface area contributed by atoms with Gasteiger partial charge in [0.25, 0.3) is 0 Å². The Morgan fingerprint density at radius 1 is 1.38 bits per heavy atom. The van der Waals surface area contributed by atoms with Crippen LogP contribution < -0.4 is 5.73 Å². The molecule has 1 fully saturated rings. The number of carbonyl (C=O) groups excluding carboxylic acids is 1. The predicted octanol–water partition coefficient (Wildman–Crippen LogP) is 0.896. The van der Waals surface area contributed by atoms with Crippen LogP contribution in [0.15, 0.2) is 24.5 Å². The number of carbonyl (C=O) groups is 1. The minimum atomic E-state index is 0.125. The topological polar surface area (TPSA) is 62.5 Å². The Bertz CT molecular complexity index is 431. The number of hydrogen-bond acceptors (Lipinski definition) is 4. The lowest BCUT2D eigenvalue weighted by Crippen LogP contribution is -2.43. The second kappa shape index (κ2) is 8.10. The summed E-state index contributed by atoms with van der Waals surface area (Å²) in [7, 11) is 2.05. The lowest BCUT2D eigenvalue weighted by Gasteiger charge is -2.28. The van der Waals surface area contributed by atoms with Gasteiger partial charge in [0.2, 0.25) is 5.91 Å². The van der Waals surface area contributed by atoms with Crippen LogP contribution in [0.3, 0.4) is 0 Å². The van der Waals surface area contributed by atoms with Gasteiger partial charge in [-0.15, -0.1) is 0 Å². The molecule has 5 heteroatoms. The highest BCUT2D eigenvalue weighted by molar-refractivity contribution is 5.77. The van der Waals surface area contributed by atoms with Crippen LogP contribution >= 0.6 is 0 Å². The predicted molar refractivity (Wildman–Crippen MR) is 83.8 cm³/mol. The van der Waals surface area contributed by atoms with Crippen molar-refractivity contribution in [2.75, 3.05) is 33.2 Å². The van der Waals surface area contributed by atoms with Gasteiger partial charge in [0.05, 0.1) is 0 Å². The maximum Gasteiger partial charge on any atom is 0.224 e. The van der Waals surface area contributed by atoms with Crippen molar-refractivity contribution >= 4 is 5.91 Å². The second-order valence-corrected chi connectivity index (χ2v) is 5.77. The van der Waals surface area contributed by atoms with Crippen LogP contribution in [0, 0.1) is 0 Å². The third-order valence-electron chi connectivity index (χ3n) is 4.27. The molecule has 1 aromatic heterocycles. The van der Waals surface area contributed by atoms with Crippen molar-refractivity contribution < 1.29 is 4.79 Å². The normalized spacial score (nSPS) is 16.4. The van der Waals surface area contributed by atoms with E-state index in [1.807, 2.05) is 29.4 Å². The minimum absolute atomic E-state index is 0.125. The van der Waals surface area contributed by atoms with Crippen molar-refractivity contribution in [3.63, 3.8) is 0 Å². The summed E-state index contributed by atoms with van der Waals surface area (Å²) in [5.74, 6) is 0.249. The number of nitrogens with two attached hydrogens (primary N) is 1. The SMILES string of the molecule is CN(CCc1ccncc1)C(CN)CC(=O)N1CCCC1. The fourth-order valence-electron chi connectivity index (χ4n) is 2.75. The van der Waals surface area contributed by atoms with Crippen molar-refractivity contribution in [2.45, 2.75) is 31.7 Å². The Hall–Kier alpha value is -1.46. The zero-order valence-electron chi connectivity index (χ0n) is 12.9. The smallest absolute Gasteiger partial charge is 0.224 e. The minimum Gasteiger partial charge on any atom is -0.343 e. The highest BCUT2D eigenvalue weighted by Crippen LogP contribution is 2.12. The molecule has 2 N–H and O–H groups in total. The van der Waals surface area contributed by atoms with Gasteiger partial charge in [0.1, 0.15) is 0 Å². The fraction of sp³-hybridized carbons (Fsp3) is 0.625. The summed E-state index contributed by atoms with van der Waals surface area (Å²) in [4.78, 5) is 20.4. The molecule has 0 saturated carbocycles. The number of pyridine rings is 1. The van der Waals surface area contributed by atoms with Crippen LogP contribution in [0.4, 0.5) is 0 Å². The van der Waals surface area contributed by atoms with Gasteiger partial charge in [-0.2, -0.15) is 0 Å². The van der Waals surface area contributed by atoms with E-state index < -0.39 is 0 Å². The molecule has 0 spiro atoms. The molecule has 0 bridgehead atoms. The van der Waals surface area contributed by atoms with E-state index in [1.165, 1.54) is 5.56 Å². The van der Waals surface area contributed by atoms with E-state index in [0.717, 1.165) is 38.9 Å².